The number of carbonyl (C=O) groups excluding carboxylic acids is 1. The highest BCUT2D eigenvalue weighted by Gasteiger charge is 2.37. The molecule has 0 unspecified atom stereocenters. The number of alkyl halides is 3. The first-order chi connectivity index (χ1) is 7.80. The molecule has 0 bridgehead atoms. The van der Waals surface area contributed by atoms with Crippen LogP contribution in [-0.2, 0) is 6.18 Å². The number of aromatic nitrogens is 3. The number of aromatic carboxylic acids is 1. The zero-order valence-electron chi connectivity index (χ0n) is 8.45. The zero-order chi connectivity index (χ0) is 12.8. The summed E-state index contributed by atoms with van der Waals surface area (Å²) in [5.41, 5.74) is -2.19. The van der Waals surface area contributed by atoms with Crippen molar-refractivity contribution in [1.29, 1.82) is 0 Å². The van der Waals surface area contributed by atoms with Gasteiger partial charge in [0.05, 0.1) is 11.7 Å². The maximum absolute atomic E-state index is 12.8. The van der Waals surface area contributed by atoms with E-state index < -0.39 is 23.4 Å². The summed E-state index contributed by atoms with van der Waals surface area (Å²) in [4.78, 5) is 14.2. The van der Waals surface area contributed by atoms with Gasteiger partial charge >= 0.3 is 6.18 Å². The number of fused-ring (bicyclic) bond motifs is 1. The van der Waals surface area contributed by atoms with E-state index >= 15 is 0 Å². The highest BCUT2D eigenvalue weighted by Crippen LogP contribution is 2.31. The summed E-state index contributed by atoms with van der Waals surface area (Å²) in [5.74, 6) is -1.94. The summed E-state index contributed by atoms with van der Waals surface area (Å²) < 4.78 is 38.8. The first-order valence-corrected chi connectivity index (χ1v) is 4.44. The van der Waals surface area contributed by atoms with Crippen molar-refractivity contribution in [3.05, 3.63) is 29.2 Å². The highest BCUT2D eigenvalue weighted by molar-refractivity contribution is 5.87. The molecule has 0 aliphatic carbocycles. The highest BCUT2D eigenvalue weighted by atomic mass is 19.4. The molecule has 0 atom stereocenters. The topological polar surface area (TPSA) is 70.3 Å². The molecule has 2 aromatic heterocycles. The molecule has 0 spiro atoms. The molecular formula is C9H5F3N3O2-. The molecule has 0 N–H and O–H groups in total. The molecule has 0 fully saturated rings. The molecule has 0 aliphatic rings. The summed E-state index contributed by atoms with van der Waals surface area (Å²) >= 11 is 0. The quantitative estimate of drug-likeness (QED) is 0.728. The lowest BCUT2D eigenvalue weighted by Gasteiger charge is -2.14. The van der Waals surface area contributed by atoms with Crippen LogP contribution in [0.5, 0.6) is 0 Å². The van der Waals surface area contributed by atoms with Crippen LogP contribution >= 0.6 is 0 Å². The molecule has 2 heterocycles. The Morgan fingerprint density at radius 2 is 2.12 bits per heavy atom. The van der Waals surface area contributed by atoms with Gasteiger partial charge in [0.15, 0.2) is 11.3 Å². The van der Waals surface area contributed by atoms with Gasteiger partial charge in [0.1, 0.15) is 0 Å². The molecule has 8 heteroatoms. The Balaban J connectivity index is 2.89. The lowest BCUT2D eigenvalue weighted by Crippen LogP contribution is -2.28. The molecule has 17 heavy (non-hydrogen) atoms. The SMILES string of the molecule is Cc1cc2ncc(C(=O)[O-])c(C(F)(F)F)n2n1. The minimum Gasteiger partial charge on any atom is -0.545 e. The van der Waals surface area contributed by atoms with E-state index in [1.807, 2.05) is 0 Å². The van der Waals surface area contributed by atoms with Crippen LogP contribution in [0, 0.1) is 6.92 Å². The van der Waals surface area contributed by atoms with Crippen molar-refractivity contribution in [2.24, 2.45) is 0 Å². The van der Waals surface area contributed by atoms with Crippen LogP contribution < -0.4 is 5.11 Å². The van der Waals surface area contributed by atoms with E-state index in [9.17, 15) is 23.1 Å². The zero-order valence-corrected chi connectivity index (χ0v) is 8.45. The molecular weight excluding hydrogens is 239 g/mol. The summed E-state index contributed by atoms with van der Waals surface area (Å²) in [5, 5.41) is 14.2. The minimum absolute atomic E-state index is 0.0696. The summed E-state index contributed by atoms with van der Waals surface area (Å²) in [6.07, 6.45) is -4.23. The number of hydrogen-bond donors (Lipinski definition) is 0. The standard InChI is InChI=1S/C9H6F3N3O2/c1-4-2-6-13-3-5(8(16)17)7(9(10,11)12)15(6)14-4/h2-3H,1H3,(H,16,17)/p-1. The minimum atomic E-state index is -4.85. The number of nitrogens with zero attached hydrogens (tertiary/aromatic N) is 3. The second kappa shape index (κ2) is 3.44. The molecule has 2 aromatic rings. The van der Waals surface area contributed by atoms with Gasteiger partial charge in [0.2, 0.25) is 0 Å². The molecule has 0 aromatic carbocycles. The Hall–Kier alpha value is -2.12. The van der Waals surface area contributed by atoms with Crippen LogP contribution in [0.3, 0.4) is 0 Å². The smallest absolute Gasteiger partial charge is 0.434 e. The predicted octanol–water partition coefficient (Wildman–Crippen LogP) is 0.420. The van der Waals surface area contributed by atoms with Gasteiger partial charge in [0.25, 0.3) is 0 Å². The second-order valence-corrected chi connectivity index (χ2v) is 3.36. The average Bonchev–Trinajstić information content (AvgIpc) is 2.53. The van der Waals surface area contributed by atoms with Gasteiger partial charge in [-0.15, -0.1) is 0 Å². The van der Waals surface area contributed by atoms with Gasteiger partial charge in [-0.25, -0.2) is 9.50 Å². The van der Waals surface area contributed by atoms with Crippen LogP contribution in [-0.4, -0.2) is 20.6 Å². The van der Waals surface area contributed by atoms with Crippen molar-refractivity contribution in [2.45, 2.75) is 13.1 Å². The third kappa shape index (κ3) is 1.81. The van der Waals surface area contributed by atoms with E-state index in [-0.39, 0.29) is 5.65 Å². The molecule has 0 radical (unpaired) electrons. The molecule has 0 aliphatic heterocycles. The summed E-state index contributed by atoms with van der Waals surface area (Å²) in [6.45, 7) is 1.48. The van der Waals surface area contributed by atoms with E-state index in [2.05, 4.69) is 10.1 Å². The van der Waals surface area contributed by atoms with Crippen LogP contribution in [0.25, 0.3) is 5.65 Å². The van der Waals surface area contributed by atoms with Gasteiger partial charge in [-0.2, -0.15) is 18.3 Å². The molecule has 2 rings (SSSR count). The van der Waals surface area contributed by atoms with E-state index in [1.54, 1.807) is 0 Å². The Bertz CT molecular complexity index is 603. The monoisotopic (exact) mass is 244 g/mol. The maximum Gasteiger partial charge on any atom is 0.434 e. The van der Waals surface area contributed by atoms with E-state index in [0.717, 1.165) is 0 Å². The molecule has 0 amide bonds. The van der Waals surface area contributed by atoms with Gasteiger partial charge in [-0.05, 0) is 6.92 Å². The fraction of sp³-hybridized carbons (Fsp3) is 0.222. The maximum atomic E-state index is 12.8. The van der Waals surface area contributed by atoms with Gasteiger partial charge in [-0.3, -0.25) is 0 Å². The number of rotatable bonds is 1. The third-order valence-electron chi connectivity index (χ3n) is 2.09. The van der Waals surface area contributed by atoms with Crippen LogP contribution in [0.2, 0.25) is 0 Å². The lowest BCUT2D eigenvalue weighted by atomic mass is 10.2. The van der Waals surface area contributed by atoms with Crippen molar-refractivity contribution >= 4 is 11.6 Å². The number of hydrogen-bond acceptors (Lipinski definition) is 4. The van der Waals surface area contributed by atoms with Crippen molar-refractivity contribution in [3.8, 4) is 0 Å². The Morgan fingerprint density at radius 3 is 2.65 bits per heavy atom. The van der Waals surface area contributed by atoms with Gasteiger partial charge in [-0.1, -0.05) is 0 Å². The Labute approximate surface area is 92.5 Å². The van der Waals surface area contributed by atoms with E-state index in [0.29, 0.717) is 16.4 Å². The fourth-order valence-electron chi connectivity index (χ4n) is 1.47. The van der Waals surface area contributed by atoms with E-state index in [1.165, 1.54) is 13.0 Å². The second-order valence-electron chi connectivity index (χ2n) is 3.36. The number of carboxylic acids is 1. The van der Waals surface area contributed by atoms with Crippen LogP contribution in [0.1, 0.15) is 21.7 Å². The molecule has 0 saturated heterocycles. The van der Waals surface area contributed by atoms with Crippen molar-refractivity contribution in [2.75, 3.05) is 0 Å². The number of aryl methyl sites for hydroxylation is 1. The Morgan fingerprint density at radius 1 is 1.47 bits per heavy atom. The molecule has 0 saturated carbocycles. The first-order valence-electron chi connectivity index (χ1n) is 4.44. The molecule has 90 valence electrons. The number of carbonyl (C=O) groups is 1. The molecule has 5 nitrogen and oxygen atoms in total. The van der Waals surface area contributed by atoms with Crippen molar-refractivity contribution < 1.29 is 23.1 Å². The Kier molecular flexibility index (Phi) is 2.30. The number of halogens is 3. The van der Waals surface area contributed by atoms with Crippen molar-refractivity contribution in [3.63, 3.8) is 0 Å². The summed E-state index contributed by atoms with van der Waals surface area (Å²) in [6, 6.07) is 1.31. The van der Waals surface area contributed by atoms with Crippen molar-refractivity contribution in [1.82, 2.24) is 14.6 Å². The largest absolute Gasteiger partial charge is 0.545 e. The number of carboxylic acid groups (broad SMARTS) is 1. The average molecular weight is 244 g/mol. The third-order valence-corrected chi connectivity index (χ3v) is 2.09. The lowest BCUT2D eigenvalue weighted by molar-refractivity contribution is -0.256. The van der Waals surface area contributed by atoms with Crippen LogP contribution in [0.15, 0.2) is 12.3 Å². The van der Waals surface area contributed by atoms with Gasteiger partial charge < -0.3 is 9.90 Å². The predicted molar refractivity (Wildman–Crippen MR) is 47.1 cm³/mol. The summed E-state index contributed by atoms with van der Waals surface area (Å²) in [7, 11) is 0. The van der Waals surface area contributed by atoms with Crippen LogP contribution in [0.4, 0.5) is 13.2 Å². The normalized spacial score (nSPS) is 12.0. The van der Waals surface area contributed by atoms with E-state index in [4.69, 9.17) is 0 Å². The fourth-order valence-corrected chi connectivity index (χ4v) is 1.47. The van der Waals surface area contributed by atoms with Gasteiger partial charge in [0, 0.05) is 17.8 Å². The first kappa shape index (κ1) is 11.4.